The molecule has 0 amide bonds. The Balaban J connectivity index is 1.56. The van der Waals surface area contributed by atoms with Gasteiger partial charge in [-0.2, -0.15) is 0 Å². The monoisotopic (exact) mass is 447 g/mol. The summed E-state index contributed by atoms with van der Waals surface area (Å²) in [6.07, 6.45) is 0. The predicted molar refractivity (Wildman–Crippen MR) is 133 cm³/mol. The van der Waals surface area contributed by atoms with Crippen LogP contribution in [0.3, 0.4) is 0 Å². The molecule has 4 aromatic rings. The second-order valence-electron chi connectivity index (χ2n) is 8.98. The lowest BCUT2D eigenvalue weighted by molar-refractivity contribution is 0.0224. The molecule has 0 aromatic heterocycles. The number of ether oxygens (including phenoxy) is 2. The number of nitrogens with zero attached hydrogens (tertiary/aromatic N) is 1. The molecule has 0 saturated carbocycles. The van der Waals surface area contributed by atoms with Gasteiger partial charge in [0.1, 0.15) is 11.5 Å². The van der Waals surface area contributed by atoms with Gasteiger partial charge in [0.15, 0.2) is 5.60 Å². The molecule has 0 aliphatic carbocycles. The molecule has 0 N–H and O–H groups in total. The summed E-state index contributed by atoms with van der Waals surface area (Å²) in [5.74, 6) is 1.10. The fourth-order valence-corrected chi connectivity index (χ4v) is 5.18. The molecule has 0 bridgehead atoms. The first-order valence-corrected chi connectivity index (χ1v) is 11.6. The topological polar surface area (TPSA) is 38.8 Å². The Labute approximate surface area is 199 Å². The van der Waals surface area contributed by atoms with Crippen LogP contribution >= 0.6 is 0 Å². The standard InChI is InChI=1S/C30H25NO3/c1-4-31(21-12-9-19(2)10-13-21)22-14-16-26-28(18-22)33-27-17-20(3)11-15-25(27)30(26)24-8-6-5-7-23(24)29(32)34-30/h5-18H,4H2,1-3H3. The van der Waals surface area contributed by atoms with Crippen LogP contribution in [0.25, 0.3) is 0 Å². The first kappa shape index (κ1) is 20.5. The van der Waals surface area contributed by atoms with Crippen molar-refractivity contribution >= 4 is 17.3 Å². The number of benzene rings is 4. The van der Waals surface area contributed by atoms with Gasteiger partial charge < -0.3 is 14.4 Å². The van der Waals surface area contributed by atoms with Crippen molar-refractivity contribution < 1.29 is 14.3 Å². The molecule has 0 radical (unpaired) electrons. The van der Waals surface area contributed by atoms with Gasteiger partial charge in [-0.15, -0.1) is 0 Å². The number of fused-ring (bicyclic) bond motifs is 6. The van der Waals surface area contributed by atoms with E-state index in [1.807, 2.05) is 55.5 Å². The third-order valence-corrected chi connectivity index (χ3v) is 6.83. The van der Waals surface area contributed by atoms with Crippen LogP contribution in [-0.4, -0.2) is 12.5 Å². The smallest absolute Gasteiger partial charge is 0.340 e. The minimum atomic E-state index is -1.02. The van der Waals surface area contributed by atoms with Crippen LogP contribution in [0, 0.1) is 13.8 Å². The van der Waals surface area contributed by atoms with E-state index >= 15 is 0 Å². The maximum absolute atomic E-state index is 13.0. The van der Waals surface area contributed by atoms with E-state index in [4.69, 9.17) is 9.47 Å². The van der Waals surface area contributed by atoms with E-state index in [2.05, 4.69) is 55.1 Å². The van der Waals surface area contributed by atoms with Crippen LogP contribution in [0.15, 0.2) is 84.9 Å². The highest BCUT2D eigenvalue weighted by Crippen LogP contribution is 2.56. The van der Waals surface area contributed by atoms with E-state index < -0.39 is 5.60 Å². The molecule has 168 valence electrons. The molecule has 4 heteroatoms. The summed E-state index contributed by atoms with van der Waals surface area (Å²) in [5.41, 5.74) is 6.57. The number of anilines is 2. The van der Waals surface area contributed by atoms with E-state index in [0.717, 1.165) is 40.2 Å². The van der Waals surface area contributed by atoms with Crippen molar-refractivity contribution in [1.29, 1.82) is 0 Å². The van der Waals surface area contributed by atoms with Crippen LogP contribution < -0.4 is 9.64 Å². The maximum atomic E-state index is 13.0. The Morgan fingerprint density at radius 3 is 2.15 bits per heavy atom. The third kappa shape index (κ3) is 2.88. The highest BCUT2D eigenvalue weighted by molar-refractivity contribution is 5.97. The van der Waals surface area contributed by atoms with Crippen molar-refractivity contribution in [3.63, 3.8) is 0 Å². The van der Waals surface area contributed by atoms with Gasteiger partial charge in [0.05, 0.1) is 5.56 Å². The second-order valence-corrected chi connectivity index (χ2v) is 8.98. The molecule has 6 rings (SSSR count). The summed E-state index contributed by atoms with van der Waals surface area (Å²) < 4.78 is 12.7. The molecule has 2 aliphatic rings. The number of esters is 1. The third-order valence-electron chi connectivity index (χ3n) is 6.83. The van der Waals surface area contributed by atoms with Crippen molar-refractivity contribution in [2.75, 3.05) is 11.4 Å². The van der Waals surface area contributed by atoms with Crippen LogP contribution in [0.5, 0.6) is 11.5 Å². The zero-order valence-electron chi connectivity index (χ0n) is 19.5. The number of hydrogen-bond donors (Lipinski definition) is 0. The molecule has 1 unspecified atom stereocenters. The fourth-order valence-electron chi connectivity index (χ4n) is 5.18. The van der Waals surface area contributed by atoms with Gasteiger partial charge in [0.2, 0.25) is 0 Å². The van der Waals surface area contributed by atoms with E-state index in [1.165, 1.54) is 5.56 Å². The first-order chi connectivity index (χ1) is 16.5. The van der Waals surface area contributed by atoms with Crippen molar-refractivity contribution in [1.82, 2.24) is 0 Å². The molecule has 0 saturated heterocycles. The number of aryl methyl sites for hydroxylation is 2. The average molecular weight is 448 g/mol. The van der Waals surface area contributed by atoms with Crippen LogP contribution in [-0.2, 0) is 10.3 Å². The largest absolute Gasteiger partial charge is 0.456 e. The van der Waals surface area contributed by atoms with Crippen LogP contribution in [0.4, 0.5) is 11.4 Å². The Bertz CT molecular complexity index is 1440. The highest BCUT2D eigenvalue weighted by atomic mass is 16.6. The number of carbonyl (C=O) groups excluding carboxylic acids is 1. The molecule has 0 fully saturated rings. The van der Waals surface area contributed by atoms with E-state index in [0.29, 0.717) is 17.1 Å². The van der Waals surface area contributed by atoms with Gasteiger partial charge in [-0.1, -0.05) is 48.0 Å². The van der Waals surface area contributed by atoms with Crippen molar-refractivity contribution in [2.24, 2.45) is 0 Å². The maximum Gasteiger partial charge on any atom is 0.340 e. The summed E-state index contributed by atoms with van der Waals surface area (Å²) in [4.78, 5) is 15.2. The zero-order valence-corrected chi connectivity index (χ0v) is 19.5. The lowest BCUT2D eigenvalue weighted by atomic mass is 9.77. The van der Waals surface area contributed by atoms with E-state index in [9.17, 15) is 4.79 Å². The van der Waals surface area contributed by atoms with Crippen molar-refractivity contribution in [3.8, 4) is 11.5 Å². The lowest BCUT2D eigenvalue weighted by Crippen LogP contribution is -2.33. The zero-order chi connectivity index (χ0) is 23.4. The SMILES string of the molecule is CCN(c1ccc(C)cc1)c1ccc2c(c1)Oc1cc(C)ccc1C21OC(=O)c2ccccc21. The summed E-state index contributed by atoms with van der Waals surface area (Å²) in [6.45, 7) is 7.06. The summed E-state index contributed by atoms with van der Waals surface area (Å²) in [7, 11) is 0. The molecule has 1 spiro atoms. The predicted octanol–water partition coefficient (Wildman–Crippen LogP) is 7.03. The van der Waals surface area contributed by atoms with Crippen LogP contribution in [0.2, 0.25) is 0 Å². The normalized spacial score (nSPS) is 17.4. The molecule has 2 aliphatic heterocycles. The van der Waals surface area contributed by atoms with Gasteiger partial charge in [-0.05, 0) is 62.7 Å². The van der Waals surface area contributed by atoms with E-state index in [1.54, 1.807) is 0 Å². The minimum absolute atomic E-state index is 0.311. The Kier molecular flexibility index (Phi) is 4.53. The highest BCUT2D eigenvalue weighted by Gasteiger charge is 2.53. The van der Waals surface area contributed by atoms with Crippen molar-refractivity contribution in [2.45, 2.75) is 26.4 Å². The lowest BCUT2D eigenvalue weighted by Gasteiger charge is -2.37. The minimum Gasteiger partial charge on any atom is -0.456 e. The van der Waals surface area contributed by atoms with Gasteiger partial charge in [0, 0.05) is 40.7 Å². The van der Waals surface area contributed by atoms with Crippen LogP contribution in [0.1, 0.15) is 45.1 Å². The first-order valence-electron chi connectivity index (χ1n) is 11.6. The molecule has 4 nitrogen and oxygen atoms in total. The fraction of sp³-hybridized carbons (Fsp3) is 0.167. The molecule has 1 atom stereocenters. The summed E-state index contributed by atoms with van der Waals surface area (Å²) >= 11 is 0. The molecule has 4 aromatic carbocycles. The second kappa shape index (κ2) is 7.49. The Morgan fingerprint density at radius 1 is 0.735 bits per heavy atom. The number of rotatable bonds is 3. The molecular weight excluding hydrogens is 422 g/mol. The molecule has 2 heterocycles. The summed E-state index contributed by atoms with van der Waals surface area (Å²) in [6, 6.07) is 28.4. The van der Waals surface area contributed by atoms with Gasteiger partial charge in [-0.25, -0.2) is 4.79 Å². The average Bonchev–Trinajstić information content (AvgIpc) is 3.13. The Hall–Kier alpha value is -4.05. The Morgan fingerprint density at radius 2 is 1.38 bits per heavy atom. The summed E-state index contributed by atoms with van der Waals surface area (Å²) in [5, 5.41) is 0. The number of hydrogen-bond acceptors (Lipinski definition) is 4. The van der Waals surface area contributed by atoms with Gasteiger partial charge in [-0.3, -0.25) is 0 Å². The van der Waals surface area contributed by atoms with Crippen molar-refractivity contribution in [3.05, 3.63) is 118 Å². The quantitative estimate of drug-likeness (QED) is 0.316. The van der Waals surface area contributed by atoms with Gasteiger partial charge >= 0.3 is 5.97 Å². The van der Waals surface area contributed by atoms with Gasteiger partial charge in [0.25, 0.3) is 0 Å². The number of carbonyl (C=O) groups is 1. The van der Waals surface area contributed by atoms with E-state index in [-0.39, 0.29) is 5.97 Å². The molecular formula is C30H25NO3. The molecule has 34 heavy (non-hydrogen) atoms.